The van der Waals surface area contributed by atoms with E-state index in [0.717, 1.165) is 18.2 Å². The number of thiophene rings is 1. The molecule has 0 bridgehead atoms. The number of halogens is 1. The highest BCUT2D eigenvalue weighted by molar-refractivity contribution is 7.20. The molecule has 20 heavy (non-hydrogen) atoms. The van der Waals surface area contributed by atoms with Crippen LogP contribution in [0.15, 0.2) is 24.3 Å². The summed E-state index contributed by atoms with van der Waals surface area (Å²) in [5.74, 6) is -1.64. The van der Waals surface area contributed by atoms with Crippen LogP contribution in [-0.2, 0) is 4.79 Å². The van der Waals surface area contributed by atoms with Crippen molar-refractivity contribution in [3.05, 3.63) is 35.0 Å². The number of fused-ring (bicyclic) bond motifs is 1. The zero-order valence-corrected chi connectivity index (χ0v) is 11.3. The van der Waals surface area contributed by atoms with E-state index >= 15 is 0 Å². The molecule has 1 fully saturated rings. The first-order chi connectivity index (χ1) is 9.54. The van der Waals surface area contributed by atoms with E-state index in [1.54, 1.807) is 12.1 Å². The quantitative estimate of drug-likeness (QED) is 0.943. The third-order valence-corrected chi connectivity index (χ3v) is 4.33. The molecule has 1 heterocycles. The van der Waals surface area contributed by atoms with E-state index in [4.69, 9.17) is 5.11 Å². The molecule has 1 amide bonds. The van der Waals surface area contributed by atoms with Gasteiger partial charge < -0.3 is 10.0 Å². The number of hydrogen-bond acceptors (Lipinski definition) is 3. The van der Waals surface area contributed by atoms with Crippen molar-refractivity contribution in [2.45, 2.75) is 18.9 Å². The number of rotatable bonds is 4. The van der Waals surface area contributed by atoms with Gasteiger partial charge in [-0.2, -0.15) is 0 Å². The minimum atomic E-state index is -1.02. The molecule has 1 aliphatic rings. The van der Waals surface area contributed by atoms with Crippen LogP contribution in [0.25, 0.3) is 10.1 Å². The fourth-order valence-electron chi connectivity index (χ4n) is 2.15. The van der Waals surface area contributed by atoms with Crippen LogP contribution in [0.3, 0.4) is 0 Å². The van der Waals surface area contributed by atoms with Crippen LogP contribution in [0, 0.1) is 5.82 Å². The highest BCUT2D eigenvalue weighted by Crippen LogP contribution is 2.32. The van der Waals surface area contributed by atoms with Gasteiger partial charge in [-0.05, 0) is 36.4 Å². The number of carboxylic acid groups (broad SMARTS) is 1. The van der Waals surface area contributed by atoms with Crippen LogP contribution in [-0.4, -0.2) is 34.5 Å². The highest BCUT2D eigenvalue weighted by atomic mass is 32.1. The monoisotopic (exact) mass is 293 g/mol. The summed E-state index contributed by atoms with van der Waals surface area (Å²) < 4.78 is 13.8. The molecule has 3 rings (SSSR count). The Morgan fingerprint density at radius 2 is 2.10 bits per heavy atom. The van der Waals surface area contributed by atoms with Crippen molar-refractivity contribution in [2.24, 2.45) is 0 Å². The SMILES string of the molecule is O=C(O)CN(C(=O)c1cc2ccc(F)cc2s1)C1CC1. The van der Waals surface area contributed by atoms with Gasteiger partial charge in [-0.3, -0.25) is 9.59 Å². The molecule has 0 saturated heterocycles. The topological polar surface area (TPSA) is 57.6 Å². The molecule has 1 N–H and O–H groups in total. The minimum Gasteiger partial charge on any atom is -0.480 e. The van der Waals surface area contributed by atoms with E-state index in [1.807, 2.05) is 0 Å². The van der Waals surface area contributed by atoms with Crippen molar-refractivity contribution < 1.29 is 19.1 Å². The van der Waals surface area contributed by atoms with Gasteiger partial charge in [0.2, 0.25) is 0 Å². The molecule has 0 unspecified atom stereocenters. The summed E-state index contributed by atoms with van der Waals surface area (Å²) in [5, 5.41) is 9.69. The van der Waals surface area contributed by atoms with Crippen molar-refractivity contribution >= 4 is 33.3 Å². The Balaban J connectivity index is 1.92. The second-order valence-corrected chi connectivity index (χ2v) is 5.93. The molecule has 0 radical (unpaired) electrons. The van der Waals surface area contributed by atoms with Crippen molar-refractivity contribution in [3.63, 3.8) is 0 Å². The molecule has 104 valence electrons. The Morgan fingerprint density at radius 1 is 1.35 bits per heavy atom. The Bertz CT molecular complexity index is 693. The van der Waals surface area contributed by atoms with Gasteiger partial charge in [-0.15, -0.1) is 11.3 Å². The number of nitrogens with zero attached hydrogens (tertiary/aromatic N) is 1. The lowest BCUT2D eigenvalue weighted by atomic mass is 10.2. The van der Waals surface area contributed by atoms with Crippen molar-refractivity contribution in [3.8, 4) is 0 Å². The fraction of sp³-hybridized carbons (Fsp3) is 0.286. The average Bonchev–Trinajstić information content (AvgIpc) is 3.14. The number of benzene rings is 1. The number of aliphatic carboxylic acids is 1. The molecule has 4 nitrogen and oxygen atoms in total. The fourth-order valence-corrected chi connectivity index (χ4v) is 3.19. The first kappa shape index (κ1) is 13.1. The molecule has 0 atom stereocenters. The summed E-state index contributed by atoms with van der Waals surface area (Å²) in [5.41, 5.74) is 0. The third-order valence-electron chi connectivity index (χ3n) is 3.25. The molecule has 0 aliphatic heterocycles. The third kappa shape index (κ3) is 2.51. The first-order valence-electron chi connectivity index (χ1n) is 6.26. The van der Waals surface area contributed by atoms with Crippen LogP contribution in [0.4, 0.5) is 4.39 Å². The maximum atomic E-state index is 13.1. The zero-order valence-electron chi connectivity index (χ0n) is 10.5. The van der Waals surface area contributed by atoms with Crippen LogP contribution in [0.5, 0.6) is 0 Å². The summed E-state index contributed by atoms with van der Waals surface area (Å²) in [7, 11) is 0. The smallest absolute Gasteiger partial charge is 0.323 e. The number of amides is 1. The van der Waals surface area contributed by atoms with Gasteiger partial charge in [0.1, 0.15) is 12.4 Å². The average molecular weight is 293 g/mol. The summed E-state index contributed by atoms with van der Waals surface area (Å²) >= 11 is 1.20. The Labute approximate surface area is 118 Å². The summed E-state index contributed by atoms with van der Waals surface area (Å²) in [4.78, 5) is 25.1. The van der Waals surface area contributed by atoms with E-state index < -0.39 is 5.97 Å². The largest absolute Gasteiger partial charge is 0.480 e. The summed E-state index contributed by atoms with van der Waals surface area (Å²) in [6.07, 6.45) is 1.69. The molecular weight excluding hydrogens is 281 g/mol. The van der Waals surface area contributed by atoms with Crippen LogP contribution >= 0.6 is 11.3 Å². The van der Waals surface area contributed by atoms with Crippen molar-refractivity contribution in [1.82, 2.24) is 4.90 Å². The lowest BCUT2D eigenvalue weighted by molar-refractivity contribution is -0.137. The summed E-state index contributed by atoms with van der Waals surface area (Å²) in [6, 6.07) is 6.07. The second kappa shape index (κ2) is 4.86. The molecule has 1 aromatic heterocycles. The van der Waals surface area contributed by atoms with Gasteiger partial charge in [0.25, 0.3) is 5.91 Å². The zero-order chi connectivity index (χ0) is 14.3. The highest BCUT2D eigenvalue weighted by Gasteiger charge is 2.34. The molecular formula is C14H12FNO3S. The second-order valence-electron chi connectivity index (χ2n) is 4.85. The maximum absolute atomic E-state index is 13.1. The van der Waals surface area contributed by atoms with Gasteiger partial charge in [0, 0.05) is 10.7 Å². The molecule has 1 aromatic carbocycles. The lowest BCUT2D eigenvalue weighted by Gasteiger charge is -2.19. The van der Waals surface area contributed by atoms with E-state index in [2.05, 4.69) is 0 Å². The van der Waals surface area contributed by atoms with E-state index in [-0.39, 0.29) is 24.3 Å². The van der Waals surface area contributed by atoms with Crippen LogP contribution in [0.2, 0.25) is 0 Å². The van der Waals surface area contributed by atoms with Gasteiger partial charge in [-0.1, -0.05) is 6.07 Å². The van der Waals surface area contributed by atoms with E-state index in [0.29, 0.717) is 9.58 Å². The maximum Gasteiger partial charge on any atom is 0.323 e. The van der Waals surface area contributed by atoms with Crippen LogP contribution in [0.1, 0.15) is 22.5 Å². The molecule has 1 aliphatic carbocycles. The van der Waals surface area contributed by atoms with Crippen LogP contribution < -0.4 is 0 Å². The van der Waals surface area contributed by atoms with Crippen molar-refractivity contribution in [2.75, 3.05) is 6.54 Å². The predicted octanol–water partition coefficient (Wildman–Crippen LogP) is 2.73. The number of carboxylic acids is 1. The molecule has 0 spiro atoms. The van der Waals surface area contributed by atoms with Gasteiger partial charge >= 0.3 is 5.97 Å². The normalized spacial score (nSPS) is 14.4. The Morgan fingerprint density at radius 3 is 2.75 bits per heavy atom. The Kier molecular flexibility index (Phi) is 3.17. The first-order valence-corrected chi connectivity index (χ1v) is 7.08. The molecule has 6 heteroatoms. The van der Waals surface area contributed by atoms with Crippen molar-refractivity contribution in [1.29, 1.82) is 0 Å². The minimum absolute atomic E-state index is 0.0283. The number of carbonyl (C=O) groups is 2. The van der Waals surface area contributed by atoms with Gasteiger partial charge in [-0.25, -0.2) is 4.39 Å². The standard InChI is InChI=1S/C14H12FNO3S/c15-9-2-1-8-5-12(20-11(8)6-9)14(19)16(7-13(17)18)10-3-4-10/h1-2,5-6,10H,3-4,7H2,(H,17,18). The molecule has 2 aromatic rings. The summed E-state index contributed by atoms with van der Waals surface area (Å²) in [6.45, 7) is -0.286. The lowest BCUT2D eigenvalue weighted by Crippen LogP contribution is -2.37. The Hall–Kier alpha value is -1.95. The number of hydrogen-bond donors (Lipinski definition) is 1. The van der Waals surface area contributed by atoms with Gasteiger partial charge in [0.05, 0.1) is 4.88 Å². The van der Waals surface area contributed by atoms with Gasteiger partial charge in [0.15, 0.2) is 0 Å². The molecule has 1 saturated carbocycles. The van der Waals surface area contributed by atoms with E-state index in [1.165, 1.54) is 28.4 Å². The number of carbonyl (C=O) groups excluding carboxylic acids is 1. The predicted molar refractivity (Wildman–Crippen MR) is 73.5 cm³/mol. The van der Waals surface area contributed by atoms with E-state index in [9.17, 15) is 14.0 Å².